The van der Waals surface area contributed by atoms with Gasteiger partial charge < -0.3 is 20.7 Å². The third-order valence-electron chi connectivity index (χ3n) is 4.11. The first-order valence-corrected chi connectivity index (χ1v) is 7.76. The predicted molar refractivity (Wildman–Crippen MR) is 87.0 cm³/mol. The molecule has 122 valence electrons. The highest BCUT2D eigenvalue weighted by Crippen LogP contribution is 2.20. The minimum Gasteiger partial charge on any atom is -0.473 e. The topological polar surface area (TPSA) is 70.8 Å². The van der Waals surface area contributed by atoms with E-state index in [-0.39, 0.29) is 12.8 Å². The van der Waals surface area contributed by atoms with Gasteiger partial charge in [-0.05, 0) is 31.0 Å². The highest BCUT2D eigenvalue weighted by Gasteiger charge is 2.20. The Hall–Kier alpha value is -1.79. The molecule has 0 aliphatic carbocycles. The van der Waals surface area contributed by atoms with E-state index in [4.69, 9.17) is 10.5 Å². The van der Waals surface area contributed by atoms with Gasteiger partial charge in [-0.3, -0.25) is 4.90 Å². The van der Waals surface area contributed by atoms with E-state index in [2.05, 4.69) is 10.2 Å². The summed E-state index contributed by atoms with van der Waals surface area (Å²) in [5.41, 5.74) is 7.83. The Morgan fingerprint density at radius 3 is 2.68 bits per heavy atom. The lowest BCUT2D eigenvalue weighted by atomic mass is 10.1. The molecule has 1 aliphatic rings. The van der Waals surface area contributed by atoms with Crippen molar-refractivity contribution in [2.24, 2.45) is 5.73 Å². The SMILES string of the molecule is Cc1cccc(OCNC(=O)N2CCN(CCN)CC2)c1C. The molecule has 0 atom stereocenters. The number of hydrogen-bond donors (Lipinski definition) is 2. The Morgan fingerprint density at radius 2 is 2.00 bits per heavy atom. The van der Waals surface area contributed by atoms with Gasteiger partial charge in [-0.2, -0.15) is 0 Å². The van der Waals surface area contributed by atoms with Crippen LogP contribution in [0, 0.1) is 13.8 Å². The lowest BCUT2D eigenvalue weighted by molar-refractivity contribution is 0.135. The fourth-order valence-electron chi connectivity index (χ4n) is 2.53. The minimum absolute atomic E-state index is 0.0716. The standard InChI is InChI=1S/C16H26N4O2/c1-13-4-3-5-15(14(13)2)22-12-18-16(21)20-10-8-19(7-6-17)9-11-20/h3-5H,6-12,17H2,1-2H3,(H,18,21). The normalized spacial score (nSPS) is 15.7. The summed E-state index contributed by atoms with van der Waals surface area (Å²) in [6.45, 7) is 9.02. The average Bonchev–Trinajstić information content (AvgIpc) is 2.52. The van der Waals surface area contributed by atoms with Crippen LogP contribution in [0.5, 0.6) is 5.75 Å². The van der Waals surface area contributed by atoms with E-state index in [1.807, 2.05) is 36.9 Å². The Kier molecular flexibility index (Phi) is 6.03. The van der Waals surface area contributed by atoms with Crippen molar-refractivity contribution in [3.05, 3.63) is 29.3 Å². The summed E-state index contributed by atoms with van der Waals surface area (Å²) in [4.78, 5) is 16.2. The molecule has 22 heavy (non-hydrogen) atoms. The van der Waals surface area contributed by atoms with Crippen LogP contribution in [-0.2, 0) is 0 Å². The van der Waals surface area contributed by atoms with Crippen molar-refractivity contribution in [2.45, 2.75) is 13.8 Å². The number of nitrogens with one attached hydrogen (secondary N) is 1. The molecule has 3 N–H and O–H groups in total. The average molecular weight is 306 g/mol. The van der Waals surface area contributed by atoms with Gasteiger partial charge in [0.2, 0.25) is 0 Å². The van der Waals surface area contributed by atoms with Crippen LogP contribution in [0.3, 0.4) is 0 Å². The number of nitrogens with two attached hydrogens (primary N) is 1. The zero-order valence-electron chi connectivity index (χ0n) is 13.5. The molecule has 1 heterocycles. The van der Waals surface area contributed by atoms with E-state index in [0.717, 1.165) is 44.0 Å². The number of urea groups is 1. The number of benzene rings is 1. The maximum absolute atomic E-state index is 12.1. The first kappa shape index (κ1) is 16.6. The molecule has 6 nitrogen and oxygen atoms in total. The number of amides is 2. The molecule has 2 rings (SSSR count). The summed E-state index contributed by atoms with van der Waals surface area (Å²) in [5, 5.41) is 2.82. The summed E-state index contributed by atoms with van der Waals surface area (Å²) in [7, 11) is 0. The van der Waals surface area contributed by atoms with Gasteiger partial charge in [0, 0.05) is 39.3 Å². The van der Waals surface area contributed by atoms with Crippen LogP contribution in [-0.4, -0.2) is 61.8 Å². The summed E-state index contributed by atoms with van der Waals surface area (Å²) in [5.74, 6) is 0.813. The van der Waals surface area contributed by atoms with E-state index in [9.17, 15) is 4.79 Å². The first-order valence-electron chi connectivity index (χ1n) is 7.76. The second kappa shape index (κ2) is 8.00. The largest absolute Gasteiger partial charge is 0.473 e. The van der Waals surface area contributed by atoms with Crippen LogP contribution in [0.4, 0.5) is 4.79 Å². The van der Waals surface area contributed by atoms with Crippen molar-refractivity contribution in [3.8, 4) is 5.75 Å². The Morgan fingerprint density at radius 1 is 1.27 bits per heavy atom. The molecule has 1 fully saturated rings. The fourth-order valence-corrected chi connectivity index (χ4v) is 2.53. The van der Waals surface area contributed by atoms with Gasteiger partial charge in [-0.25, -0.2) is 4.79 Å². The van der Waals surface area contributed by atoms with Gasteiger partial charge in [0.05, 0.1) is 0 Å². The van der Waals surface area contributed by atoms with Gasteiger partial charge in [0.1, 0.15) is 5.75 Å². The summed E-state index contributed by atoms with van der Waals surface area (Å²) >= 11 is 0. The fraction of sp³-hybridized carbons (Fsp3) is 0.562. The molecule has 0 aromatic heterocycles. The lowest BCUT2D eigenvalue weighted by Crippen LogP contribution is -2.52. The molecule has 6 heteroatoms. The van der Waals surface area contributed by atoms with Gasteiger partial charge in [-0.1, -0.05) is 12.1 Å². The van der Waals surface area contributed by atoms with Crippen molar-refractivity contribution in [2.75, 3.05) is 46.0 Å². The number of hydrogen-bond acceptors (Lipinski definition) is 4. The third-order valence-corrected chi connectivity index (χ3v) is 4.11. The molecule has 0 saturated carbocycles. The molecule has 0 bridgehead atoms. The molecule has 1 saturated heterocycles. The maximum atomic E-state index is 12.1. The second-order valence-corrected chi connectivity index (χ2v) is 5.59. The highest BCUT2D eigenvalue weighted by molar-refractivity contribution is 5.74. The molecule has 2 amide bonds. The van der Waals surface area contributed by atoms with Crippen LogP contribution in [0.15, 0.2) is 18.2 Å². The number of piperazine rings is 1. The third kappa shape index (κ3) is 4.35. The molecule has 0 radical (unpaired) electrons. The van der Waals surface area contributed by atoms with Crippen LogP contribution in [0.2, 0.25) is 0 Å². The molecule has 0 unspecified atom stereocenters. The molecular weight excluding hydrogens is 280 g/mol. The molecule has 1 aromatic carbocycles. The van der Waals surface area contributed by atoms with E-state index >= 15 is 0 Å². The van der Waals surface area contributed by atoms with Crippen molar-refractivity contribution in [1.29, 1.82) is 0 Å². The predicted octanol–water partition coefficient (Wildman–Crippen LogP) is 0.926. The van der Waals surface area contributed by atoms with Crippen molar-refractivity contribution in [3.63, 3.8) is 0 Å². The van der Waals surface area contributed by atoms with Gasteiger partial charge in [0.15, 0.2) is 6.73 Å². The number of rotatable bonds is 5. The van der Waals surface area contributed by atoms with Crippen LogP contribution in [0.1, 0.15) is 11.1 Å². The Bertz CT molecular complexity index is 499. The second-order valence-electron chi connectivity index (χ2n) is 5.59. The summed E-state index contributed by atoms with van der Waals surface area (Å²) in [6, 6.07) is 5.84. The van der Waals surface area contributed by atoms with E-state index in [1.165, 1.54) is 5.56 Å². The quantitative estimate of drug-likeness (QED) is 0.794. The number of carbonyl (C=O) groups excluding carboxylic acids is 1. The molecule has 1 aromatic rings. The number of carbonyl (C=O) groups is 1. The monoisotopic (exact) mass is 306 g/mol. The molecular formula is C16H26N4O2. The van der Waals surface area contributed by atoms with Gasteiger partial charge in [0.25, 0.3) is 0 Å². The van der Waals surface area contributed by atoms with E-state index < -0.39 is 0 Å². The summed E-state index contributed by atoms with van der Waals surface area (Å²) in [6.07, 6.45) is 0. The zero-order chi connectivity index (χ0) is 15.9. The lowest BCUT2D eigenvalue weighted by Gasteiger charge is -2.34. The minimum atomic E-state index is -0.0716. The van der Waals surface area contributed by atoms with Gasteiger partial charge >= 0.3 is 6.03 Å². The number of ether oxygens (including phenoxy) is 1. The van der Waals surface area contributed by atoms with Crippen molar-refractivity contribution >= 4 is 6.03 Å². The number of nitrogens with zero attached hydrogens (tertiary/aromatic N) is 2. The molecule has 0 spiro atoms. The number of aryl methyl sites for hydroxylation is 1. The first-order chi connectivity index (χ1) is 10.6. The van der Waals surface area contributed by atoms with E-state index in [0.29, 0.717) is 6.54 Å². The maximum Gasteiger partial charge on any atom is 0.320 e. The summed E-state index contributed by atoms with van der Waals surface area (Å²) < 4.78 is 5.65. The molecule has 1 aliphatic heterocycles. The van der Waals surface area contributed by atoms with Crippen molar-refractivity contribution in [1.82, 2.24) is 15.1 Å². The van der Waals surface area contributed by atoms with Gasteiger partial charge in [-0.15, -0.1) is 0 Å². The van der Waals surface area contributed by atoms with Crippen molar-refractivity contribution < 1.29 is 9.53 Å². The zero-order valence-corrected chi connectivity index (χ0v) is 13.5. The smallest absolute Gasteiger partial charge is 0.320 e. The van der Waals surface area contributed by atoms with Crippen LogP contribution >= 0.6 is 0 Å². The highest BCUT2D eigenvalue weighted by atomic mass is 16.5. The van der Waals surface area contributed by atoms with Crippen LogP contribution < -0.4 is 15.8 Å². The Labute approximate surface area is 132 Å². The van der Waals surface area contributed by atoms with E-state index in [1.54, 1.807) is 0 Å². The van der Waals surface area contributed by atoms with Crippen LogP contribution in [0.25, 0.3) is 0 Å². The Balaban J connectivity index is 1.73.